The van der Waals surface area contributed by atoms with Gasteiger partial charge in [-0.15, -0.1) is 0 Å². The average molecular weight is 421 g/mol. The van der Waals surface area contributed by atoms with Gasteiger partial charge in [-0.2, -0.15) is 0 Å². The van der Waals surface area contributed by atoms with Crippen LogP contribution in [0.1, 0.15) is 66.0 Å². The van der Waals surface area contributed by atoms with Crippen LogP contribution < -0.4 is 20.1 Å². The van der Waals surface area contributed by atoms with Gasteiger partial charge in [0.15, 0.2) is 5.11 Å². The van der Waals surface area contributed by atoms with Crippen molar-refractivity contribution in [1.82, 2.24) is 10.6 Å². The first kappa shape index (κ1) is 23.0. The van der Waals surface area contributed by atoms with Crippen molar-refractivity contribution in [3.05, 3.63) is 35.0 Å². The predicted molar refractivity (Wildman–Crippen MR) is 118 cm³/mol. The number of hydrogen-bond donors (Lipinski definition) is 2. The van der Waals surface area contributed by atoms with E-state index in [1.54, 1.807) is 0 Å². The standard InChI is InChI=1S/C22H32N2O4S/c1-7-11-26-15-9-10-16(17(13-15)27-12-8-2)19-18(14(3)23-21(29)24-19)20(25)28-22(4,5)6/h9-10,13,19H,7-8,11-12H2,1-6H3,(H2,23,24,29). The van der Waals surface area contributed by atoms with Gasteiger partial charge in [-0.05, 0) is 64.9 Å². The van der Waals surface area contributed by atoms with Gasteiger partial charge in [-0.1, -0.05) is 13.8 Å². The molecule has 1 heterocycles. The molecule has 29 heavy (non-hydrogen) atoms. The van der Waals surface area contributed by atoms with Crippen LogP contribution in [0.15, 0.2) is 29.5 Å². The van der Waals surface area contributed by atoms with E-state index < -0.39 is 17.6 Å². The van der Waals surface area contributed by atoms with Crippen LogP contribution in [0.2, 0.25) is 0 Å². The van der Waals surface area contributed by atoms with E-state index in [2.05, 4.69) is 17.6 Å². The Morgan fingerprint density at radius 1 is 1.14 bits per heavy atom. The van der Waals surface area contributed by atoms with Gasteiger partial charge in [-0.3, -0.25) is 0 Å². The lowest BCUT2D eigenvalue weighted by atomic mass is 9.94. The van der Waals surface area contributed by atoms with Crippen molar-refractivity contribution in [2.75, 3.05) is 13.2 Å². The zero-order chi connectivity index (χ0) is 21.6. The molecule has 0 fully saturated rings. The highest BCUT2D eigenvalue weighted by atomic mass is 32.1. The van der Waals surface area contributed by atoms with Crippen molar-refractivity contribution in [3.8, 4) is 11.5 Å². The second-order valence-electron chi connectivity index (χ2n) is 7.97. The van der Waals surface area contributed by atoms with Gasteiger partial charge in [0.1, 0.15) is 17.1 Å². The maximum atomic E-state index is 13.0. The molecular formula is C22H32N2O4S. The molecule has 7 heteroatoms. The lowest BCUT2D eigenvalue weighted by Gasteiger charge is -2.32. The Morgan fingerprint density at radius 2 is 1.79 bits per heavy atom. The molecule has 0 aromatic heterocycles. The van der Waals surface area contributed by atoms with Gasteiger partial charge >= 0.3 is 5.97 Å². The number of rotatable bonds is 8. The zero-order valence-electron chi connectivity index (χ0n) is 18.2. The van der Waals surface area contributed by atoms with Crippen LogP contribution in [-0.4, -0.2) is 29.9 Å². The van der Waals surface area contributed by atoms with Gasteiger partial charge in [0.05, 0.1) is 24.8 Å². The molecule has 1 unspecified atom stereocenters. The Morgan fingerprint density at radius 3 is 2.41 bits per heavy atom. The van der Waals surface area contributed by atoms with Crippen molar-refractivity contribution in [3.63, 3.8) is 0 Å². The van der Waals surface area contributed by atoms with Crippen LogP contribution in [-0.2, 0) is 9.53 Å². The van der Waals surface area contributed by atoms with E-state index in [0.717, 1.165) is 24.2 Å². The fourth-order valence-corrected chi connectivity index (χ4v) is 3.20. The summed E-state index contributed by atoms with van der Waals surface area (Å²) in [7, 11) is 0. The number of hydrogen-bond acceptors (Lipinski definition) is 5. The summed E-state index contributed by atoms with van der Waals surface area (Å²) >= 11 is 5.35. The van der Waals surface area contributed by atoms with Gasteiger partial charge in [0, 0.05) is 17.3 Å². The van der Waals surface area contributed by atoms with E-state index in [1.807, 2.05) is 52.8 Å². The number of benzene rings is 1. The van der Waals surface area contributed by atoms with E-state index in [-0.39, 0.29) is 0 Å². The van der Waals surface area contributed by atoms with Gasteiger partial charge in [0.2, 0.25) is 0 Å². The molecule has 0 saturated carbocycles. The fourth-order valence-electron chi connectivity index (χ4n) is 2.93. The Bertz CT molecular complexity index is 784. The van der Waals surface area contributed by atoms with E-state index >= 15 is 0 Å². The van der Waals surface area contributed by atoms with Crippen molar-refractivity contribution in [2.24, 2.45) is 0 Å². The molecule has 6 nitrogen and oxygen atoms in total. The molecule has 1 aromatic carbocycles. The average Bonchev–Trinajstić information content (AvgIpc) is 2.62. The molecule has 0 bridgehead atoms. The van der Waals surface area contributed by atoms with Crippen LogP contribution in [0.3, 0.4) is 0 Å². The third kappa shape index (κ3) is 6.35. The van der Waals surface area contributed by atoms with E-state index in [9.17, 15) is 4.79 Å². The van der Waals surface area contributed by atoms with Crippen LogP contribution in [0.4, 0.5) is 0 Å². The Hall–Kier alpha value is -2.28. The Balaban J connectivity index is 2.48. The first-order valence-electron chi connectivity index (χ1n) is 10.1. The monoisotopic (exact) mass is 420 g/mol. The molecule has 2 N–H and O–H groups in total. The molecule has 0 spiro atoms. The number of thiocarbonyl (C=S) groups is 1. The molecule has 1 aliphatic rings. The lowest BCUT2D eigenvalue weighted by molar-refractivity contribution is -0.150. The molecule has 0 amide bonds. The normalized spacial score (nSPS) is 16.8. The maximum absolute atomic E-state index is 13.0. The number of allylic oxidation sites excluding steroid dienone is 1. The minimum atomic E-state index is -0.605. The number of carbonyl (C=O) groups excluding carboxylic acids is 1. The van der Waals surface area contributed by atoms with E-state index in [0.29, 0.717) is 35.3 Å². The van der Waals surface area contributed by atoms with Crippen molar-refractivity contribution >= 4 is 23.3 Å². The van der Waals surface area contributed by atoms with Crippen molar-refractivity contribution < 1.29 is 19.0 Å². The van der Waals surface area contributed by atoms with E-state index in [1.165, 1.54) is 0 Å². The highest BCUT2D eigenvalue weighted by Crippen LogP contribution is 2.36. The minimum absolute atomic E-state index is 0.393. The first-order chi connectivity index (χ1) is 13.7. The number of nitrogens with one attached hydrogen (secondary N) is 2. The van der Waals surface area contributed by atoms with Crippen molar-refractivity contribution in [1.29, 1.82) is 0 Å². The predicted octanol–water partition coefficient (Wildman–Crippen LogP) is 4.40. The molecular weight excluding hydrogens is 388 g/mol. The summed E-state index contributed by atoms with van der Waals surface area (Å²) in [6, 6.07) is 5.19. The first-order valence-corrected chi connectivity index (χ1v) is 10.5. The lowest BCUT2D eigenvalue weighted by Crippen LogP contribution is -2.46. The molecule has 0 saturated heterocycles. The third-order valence-electron chi connectivity index (χ3n) is 4.12. The van der Waals surface area contributed by atoms with Gasteiger partial charge < -0.3 is 24.8 Å². The SMILES string of the molecule is CCCOc1ccc(C2NC(=S)NC(C)=C2C(=O)OC(C)(C)C)c(OCCC)c1. The quantitative estimate of drug-likeness (QED) is 0.477. The molecule has 0 radical (unpaired) electrons. The summed E-state index contributed by atoms with van der Waals surface area (Å²) < 4.78 is 17.4. The second-order valence-corrected chi connectivity index (χ2v) is 8.38. The summed E-state index contributed by atoms with van der Waals surface area (Å²) in [5, 5.41) is 6.68. The summed E-state index contributed by atoms with van der Waals surface area (Å²) in [5.74, 6) is 1.00. The van der Waals surface area contributed by atoms with Gasteiger partial charge in [0.25, 0.3) is 0 Å². The molecule has 0 aliphatic carbocycles. The summed E-state index contributed by atoms with van der Waals surface area (Å²) in [6.45, 7) is 12.7. The number of carbonyl (C=O) groups is 1. The summed E-state index contributed by atoms with van der Waals surface area (Å²) in [6.07, 6.45) is 1.78. The molecule has 1 aromatic rings. The second kappa shape index (κ2) is 9.96. The molecule has 160 valence electrons. The third-order valence-corrected chi connectivity index (χ3v) is 4.34. The smallest absolute Gasteiger partial charge is 0.338 e. The maximum Gasteiger partial charge on any atom is 0.338 e. The fraction of sp³-hybridized carbons (Fsp3) is 0.545. The minimum Gasteiger partial charge on any atom is -0.493 e. The molecule has 2 rings (SSSR count). The van der Waals surface area contributed by atoms with Crippen molar-refractivity contribution in [2.45, 2.75) is 66.0 Å². The molecule has 1 aliphatic heterocycles. The number of ether oxygens (including phenoxy) is 3. The topological polar surface area (TPSA) is 68.8 Å². The van der Waals surface area contributed by atoms with Crippen LogP contribution >= 0.6 is 12.2 Å². The number of esters is 1. The molecule has 1 atom stereocenters. The zero-order valence-corrected chi connectivity index (χ0v) is 19.0. The van der Waals surface area contributed by atoms with E-state index in [4.69, 9.17) is 26.4 Å². The summed E-state index contributed by atoms with van der Waals surface area (Å²) in [5.41, 5.74) is 1.36. The highest BCUT2D eigenvalue weighted by Gasteiger charge is 2.34. The van der Waals surface area contributed by atoms with Crippen LogP contribution in [0.25, 0.3) is 0 Å². The Kier molecular flexibility index (Phi) is 7.90. The van der Waals surface area contributed by atoms with Gasteiger partial charge in [-0.25, -0.2) is 4.79 Å². The summed E-state index contributed by atoms with van der Waals surface area (Å²) in [4.78, 5) is 13.0. The highest BCUT2D eigenvalue weighted by molar-refractivity contribution is 7.80. The van der Waals surface area contributed by atoms with Crippen LogP contribution in [0.5, 0.6) is 11.5 Å². The largest absolute Gasteiger partial charge is 0.493 e. The van der Waals surface area contributed by atoms with Crippen LogP contribution in [0, 0.1) is 0 Å². The Labute approximate surface area is 179 Å².